The van der Waals surface area contributed by atoms with Crippen LogP contribution < -0.4 is 5.32 Å². The Hall–Kier alpha value is -2.68. The van der Waals surface area contributed by atoms with E-state index in [0.29, 0.717) is 22.6 Å². The van der Waals surface area contributed by atoms with Crippen molar-refractivity contribution in [2.45, 2.75) is 24.6 Å². The first-order valence-electron chi connectivity index (χ1n) is 9.53. The van der Waals surface area contributed by atoms with Crippen LogP contribution in [0.5, 0.6) is 0 Å². The van der Waals surface area contributed by atoms with E-state index < -0.39 is 0 Å². The Morgan fingerprint density at radius 2 is 1.87 bits per heavy atom. The van der Waals surface area contributed by atoms with E-state index in [4.69, 9.17) is 16.0 Å². The third kappa shape index (κ3) is 5.94. The van der Waals surface area contributed by atoms with Crippen LogP contribution in [0.25, 0.3) is 0 Å². The summed E-state index contributed by atoms with van der Waals surface area (Å²) >= 11 is 8.81. The molecule has 0 saturated carbocycles. The lowest BCUT2D eigenvalue weighted by atomic mass is 9.99. The van der Waals surface area contributed by atoms with E-state index in [2.05, 4.69) is 20.5 Å². The van der Waals surface area contributed by atoms with Crippen molar-refractivity contribution >= 4 is 40.6 Å². The highest BCUT2D eigenvalue weighted by atomic mass is 35.5. The van der Waals surface area contributed by atoms with Crippen LogP contribution >= 0.6 is 34.7 Å². The maximum atomic E-state index is 12.7. The average molecular weight is 471 g/mol. The Morgan fingerprint density at radius 1 is 1.13 bits per heavy atom. The van der Waals surface area contributed by atoms with Gasteiger partial charge in [0.1, 0.15) is 0 Å². The summed E-state index contributed by atoms with van der Waals surface area (Å²) in [5.41, 5.74) is 2.84. The minimum atomic E-state index is -0.280. The molecule has 0 fully saturated rings. The molecule has 0 radical (unpaired) electrons. The molecule has 1 unspecified atom stereocenters. The zero-order valence-corrected chi connectivity index (χ0v) is 19.0. The van der Waals surface area contributed by atoms with Gasteiger partial charge in [-0.3, -0.25) is 4.79 Å². The van der Waals surface area contributed by atoms with Gasteiger partial charge >= 0.3 is 0 Å². The third-order valence-corrected chi connectivity index (χ3v) is 6.31. The second-order valence-corrected chi connectivity index (χ2v) is 9.17. The molecule has 158 valence electrons. The summed E-state index contributed by atoms with van der Waals surface area (Å²) < 4.78 is 5.65. The fourth-order valence-electron chi connectivity index (χ4n) is 3.00. The summed E-state index contributed by atoms with van der Waals surface area (Å²) in [4.78, 5) is 17.1. The van der Waals surface area contributed by atoms with Gasteiger partial charge in [0.15, 0.2) is 0 Å². The van der Waals surface area contributed by atoms with Crippen molar-refractivity contribution < 1.29 is 9.21 Å². The molecule has 4 aromatic rings. The maximum Gasteiger partial charge on any atom is 0.277 e. The SMILES string of the molecule is Cc1nc(Cc2nnc(SCC(=O)NC(c3ccccc3)c3ccc(Cl)cc3)o2)cs1. The van der Waals surface area contributed by atoms with Crippen molar-refractivity contribution in [3.8, 4) is 0 Å². The molecular weight excluding hydrogens is 452 g/mol. The monoisotopic (exact) mass is 470 g/mol. The third-order valence-electron chi connectivity index (χ3n) is 4.42. The molecule has 0 saturated heterocycles. The zero-order valence-electron chi connectivity index (χ0n) is 16.6. The van der Waals surface area contributed by atoms with E-state index in [9.17, 15) is 4.79 Å². The fraction of sp³-hybridized carbons (Fsp3) is 0.182. The Labute approximate surface area is 193 Å². The largest absolute Gasteiger partial charge is 0.416 e. The van der Waals surface area contributed by atoms with Gasteiger partial charge in [-0.25, -0.2) is 4.98 Å². The molecule has 6 nitrogen and oxygen atoms in total. The average Bonchev–Trinajstić information content (AvgIpc) is 3.40. The number of thiazole rings is 1. The number of hydrogen-bond donors (Lipinski definition) is 1. The molecular formula is C22H19ClN4O2S2. The van der Waals surface area contributed by atoms with Crippen LogP contribution in [0.2, 0.25) is 5.02 Å². The number of nitrogens with zero attached hydrogens (tertiary/aromatic N) is 3. The Kier molecular flexibility index (Phi) is 7.01. The number of halogens is 1. The quantitative estimate of drug-likeness (QED) is 0.362. The number of benzene rings is 2. The highest BCUT2D eigenvalue weighted by molar-refractivity contribution is 7.99. The predicted molar refractivity (Wildman–Crippen MR) is 123 cm³/mol. The number of carbonyl (C=O) groups excluding carboxylic acids is 1. The molecule has 0 bridgehead atoms. The van der Waals surface area contributed by atoms with Gasteiger partial charge in [-0.15, -0.1) is 21.5 Å². The summed E-state index contributed by atoms with van der Waals surface area (Å²) in [6.45, 7) is 1.95. The normalized spacial score (nSPS) is 11.9. The Morgan fingerprint density at radius 3 is 2.58 bits per heavy atom. The van der Waals surface area contributed by atoms with E-state index in [1.807, 2.05) is 66.9 Å². The maximum absolute atomic E-state index is 12.7. The molecule has 9 heteroatoms. The zero-order chi connectivity index (χ0) is 21.6. The van der Waals surface area contributed by atoms with Crippen molar-refractivity contribution in [1.82, 2.24) is 20.5 Å². The van der Waals surface area contributed by atoms with Crippen LogP contribution in [0.15, 0.2) is 69.6 Å². The van der Waals surface area contributed by atoms with Gasteiger partial charge in [-0.05, 0) is 30.2 Å². The first-order valence-corrected chi connectivity index (χ1v) is 11.8. The van der Waals surface area contributed by atoms with Crippen molar-refractivity contribution in [3.63, 3.8) is 0 Å². The summed E-state index contributed by atoms with van der Waals surface area (Å²) in [7, 11) is 0. The van der Waals surface area contributed by atoms with Crippen LogP contribution in [0.3, 0.4) is 0 Å². The molecule has 0 spiro atoms. The second-order valence-electron chi connectivity index (χ2n) is 6.75. The van der Waals surface area contributed by atoms with Gasteiger partial charge in [0, 0.05) is 10.4 Å². The second kappa shape index (κ2) is 10.1. The Bertz CT molecular complexity index is 1150. The van der Waals surface area contributed by atoms with Gasteiger partial charge < -0.3 is 9.73 Å². The highest BCUT2D eigenvalue weighted by Gasteiger charge is 2.18. The van der Waals surface area contributed by atoms with Gasteiger partial charge in [-0.2, -0.15) is 0 Å². The summed E-state index contributed by atoms with van der Waals surface area (Å²) in [6, 6.07) is 17.0. The lowest BCUT2D eigenvalue weighted by molar-refractivity contribution is -0.119. The number of carbonyl (C=O) groups is 1. The van der Waals surface area contributed by atoms with Crippen molar-refractivity contribution in [2.24, 2.45) is 0 Å². The van der Waals surface area contributed by atoms with Crippen molar-refractivity contribution in [3.05, 3.63) is 92.7 Å². The number of aryl methyl sites for hydroxylation is 1. The van der Waals surface area contributed by atoms with E-state index in [0.717, 1.165) is 21.8 Å². The summed E-state index contributed by atoms with van der Waals surface area (Å²) in [5.74, 6) is 0.508. The van der Waals surface area contributed by atoms with Crippen molar-refractivity contribution in [1.29, 1.82) is 0 Å². The standard InChI is InChI=1S/C22H19ClN4O2S2/c1-14-24-18(12-30-14)11-20-26-27-22(29-20)31-13-19(28)25-21(15-5-3-2-4-6-15)16-7-9-17(23)10-8-16/h2-10,12,21H,11,13H2,1H3,(H,25,28). The lowest BCUT2D eigenvalue weighted by Crippen LogP contribution is -2.30. The van der Waals surface area contributed by atoms with Crippen LogP contribution in [0.4, 0.5) is 0 Å². The number of hydrogen-bond acceptors (Lipinski definition) is 7. The number of amides is 1. The number of nitrogens with one attached hydrogen (secondary N) is 1. The number of rotatable bonds is 8. The fourth-order valence-corrected chi connectivity index (χ4v) is 4.33. The molecule has 2 aromatic heterocycles. The highest BCUT2D eigenvalue weighted by Crippen LogP contribution is 2.24. The van der Waals surface area contributed by atoms with Gasteiger partial charge in [-0.1, -0.05) is 65.8 Å². The molecule has 1 atom stereocenters. The number of thioether (sulfide) groups is 1. The van der Waals surface area contributed by atoms with Crippen molar-refractivity contribution in [2.75, 3.05) is 5.75 Å². The smallest absolute Gasteiger partial charge is 0.277 e. The summed E-state index contributed by atoms with van der Waals surface area (Å²) in [6.07, 6.45) is 0.483. The lowest BCUT2D eigenvalue weighted by Gasteiger charge is -2.19. The molecule has 0 aliphatic rings. The van der Waals surface area contributed by atoms with E-state index in [1.165, 1.54) is 11.8 Å². The molecule has 0 aliphatic carbocycles. The van der Waals surface area contributed by atoms with E-state index >= 15 is 0 Å². The predicted octanol–water partition coefficient (Wildman–Crippen LogP) is 5.08. The van der Waals surface area contributed by atoms with Crippen LogP contribution in [-0.4, -0.2) is 26.8 Å². The van der Waals surface area contributed by atoms with Crippen LogP contribution in [-0.2, 0) is 11.2 Å². The molecule has 1 amide bonds. The van der Waals surface area contributed by atoms with Gasteiger partial charge in [0.2, 0.25) is 11.8 Å². The molecule has 31 heavy (non-hydrogen) atoms. The molecule has 2 heterocycles. The van der Waals surface area contributed by atoms with Crippen LogP contribution in [0.1, 0.15) is 33.8 Å². The molecule has 2 aromatic carbocycles. The first kappa shape index (κ1) is 21.5. The summed E-state index contributed by atoms with van der Waals surface area (Å²) in [5, 5.41) is 15.1. The van der Waals surface area contributed by atoms with Gasteiger partial charge in [0.05, 0.1) is 28.9 Å². The Balaban J connectivity index is 1.38. The van der Waals surface area contributed by atoms with Gasteiger partial charge in [0.25, 0.3) is 5.22 Å². The first-order chi connectivity index (χ1) is 15.1. The van der Waals surface area contributed by atoms with E-state index in [1.54, 1.807) is 11.3 Å². The molecule has 0 aliphatic heterocycles. The number of aromatic nitrogens is 3. The molecule has 4 rings (SSSR count). The van der Waals surface area contributed by atoms with Crippen LogP contribution in [0, 0.1) is 6.92 Å². The van der Waals surface area contributed by atoms with E-state index in [-0.39, 0.29) is 17.7 Å². The minimum Gasteiger partial charge on any atom is -0.416 e. The minimum absolute atomic E-state index is 0.135. The topological polar surface area (TPSA) is 80.9 Å². The molecule has 1 N–H and O–H groups in total.